The fourth-order valence-electron chi connectivity index (χ4n) is 2.21. The minimum atomic E-state index is 0.00699. The lowest BCUT2D eigenvalue weighted by Gasteiger charge is -2.34. The van der Waals surface area contributed by atoms with Gasteiger partial charge >= 0.3 is 0 Å². The lowest BCUT2D eigenvalue weighted by molar-refractivity contribution is -0.119. The molecule has 0 saturated heterocycles. The largest absolute Gasteiger partial charge is 0.377 e. The third-order valence-corrected chi connectivity index (χ3v) is 4.34. The van der Waals surface area contributed by atoms with Crippen LogP contribution in [0.1, 0.15) is 33.1 Å². The van der Waals surface area contributed by atoms with E-state index < -0.39 is 0 Å². The molecule has 3 atom stereocenters. The molecule has 6 heteroatoms. The van der Waals surface area contributed by atoms with E-state index in [4.69, 9.17) is 11.6 Å². The highest BCUT2D eigenvalue weighted by molar-refractivity contribution is 8.14. The van der Waals surface area contributed by atoms with Crippen LogP contribution < -0.4 is 16.9 Å². The van der Waals surface area contributed by atoms with Crippen molar-refractivity contribution in [2.75, 3.05) is 5.75 Å². The third kappa shape index (κ3) is 4.46. The first kappa shape index (κ1) is 14.2. The molecule has 0 aromatic rings. The van der Waals surface area contributed by atoms with Crippen molar-refractivity contribution < 1.29 is 4.79 Å². The SMILES string of the molecule is CC1CCCC(NC(=O)CSC(N)=NN)C1C. The van der Waals surface area contributed by atoms with E-state index in [9.17, 15) is 4.79 Å². The summed E-state index contributed by atoms with van der Waals surface area (Å²) in [7, 11) is 0. The standard InChI is InChI=1S/C11H22N4OS/c1-7-4-3-5-9(8(7)2)14-10(16)6-17-11(12)15-13/h7-9H,3-6,13H2,1-2H3,(H2,12,15)(H,14,16). The van der Waals surface area contributed by atoms with Crippen LogP contribution >= 0.6 is 11.8 Å². The van der Waals surface area contributed by atoms with Crippen molar-refractivity contribution in [1.82, 2.24) is 5.32 Å². The summed E-state index contributed by atoms with van der Waals surface area (Å²) in [4.78, 5) is 11.7. The molecule has 1 aliphatic rings. The zero-order chi connectivity index (χ0) is 12.8. The number of nitrogens with one attached hydrogen (secondary N) is 1. The van der Waals surface area contributed by atoms with Crippen molar-refractivity contribution in [1.29, 1.82) is 0 Å². The molecule has 98 valence electrons. The second-order valence-electron chi connectivity index (χ2n) is 4.70. The van der Waals surface area contributed by atoms with Crippen LogP contribution in [0.2, 0.25) is 0 Å². The van der Waals surface area contributed by atoms with Crippen molar-refractivity contribution in [3.05, 3.63) is 0 Å². The molecular formula is C11H22N4OS. The van der Waals surface area contributed by atoms with Crippen LogP contribution in [0.25, 0.3) is 0 Å². The van der Waals surface area contributed by atoms with E-state index in [0.29, 0.717) is 17.9 Å². The minimum absolute atomic E-state index is 0.00699. The normalized spacial score (nSPS) is 30.0. The van der Waals surface area contributed by atoms with Crippen LogP contribution in [0.15, 0.2) is 5.10 Å². The maximum Gasteiger partial charge on any atom is 0.230 e. The third-order valence-electron chi connectivity index (χ3n) is 3.53. The van der Waals surface area contributed by atoms with Crippen LogP contribution in [0, 0.1) is 11.8 Å². The Labute approximate surface area is 107 Å². The van der Waals surface area contributed by atoms with Crippen LogP contribution in [-0.2, 0) is 4.79 Å². The maximum absolute atomic E-state index is 11.7. The first-order chi connectivity index (χ1) is 8.04. The molecule has 0 spiro atoms. The summed E-state index contributed by atoms with van der Waals surface area (Å²) in [5.74, 6) is 6.50. The summed E-state index contributed by atoms with van der Waals surface area (Å²) in [6, 6.07) is 0.294. The lowest BCUT2D eigenvalue weighted by Crippen LogP contribution is -2.44. The van der Waals surface area contributed by atoms with E-state index >= 15 is 0 Å². The molecule has 1 amide bonds. The fourth-order valence-corrected chi connectivity index (χ4v) is 2.65. The van der Waals surface area contributed by atoms with E-state index in [1.54, 1.807) is 0 Å². The Bertz CT molecular complexity index is 295. The Morgan fingerprint density at radius 1 is 1.47 bits per heavy atom. The predicted octanol–water partition coefficient (Wildman–Crippen LogP) is 0.849. The predicted molar refractivity (Wildman–Crippen MR) is 72.4 cm³/mol. The Kier molecular flexibility index (Phi) is 5.61. The molecular weight excluding hydrogens is 236 g/mol. The van der Waals surface area contributed by atoms with Gasteiger partial charge in [-0.3, -0.25) is 4.79 Å². The van der Waals surface area contributed by atoms with Gasteiger partial charge in [0.2, 0.25) is 5.91 Å². The van der Waals surface area contributed by atoms with E-state index in [2.05, 4.69) is 24.3 Å². The number of carbonyl (C=O) groups is 1. The van der Waals surface area contributed by atoms with Crippen LogP contribution in [0.3, 0.4) is 0 Å². The van der Waals surface area contributed by atoms with Crippen LogP contribution in [0.4, 0.5) is 0 Å². The number of carbonyl (C=O) groups excluding carboxylic acids is 1. The van der Waals surface area contributed by atoms with Gasteiger partial charge in [-0.2, -0.15) is 5.10 Å². The molecule has 0 heterocycles. The second kappa shape index (κ2) is 6.74. The lowest BCUT2D eigenvalue weighted by atomic mass is 9.78. The summed E-state index contributed by atoms with van der Waals surface area (Å²) in [6.07, 6.45) is 3.52. The Morgan fingerprint density at radius 2 is 2.18 bits per heavy atom. The number of rotatable bonds is 3. The molecule has 0 aromatic carbocycles. The first-order valence-electron chi connectivity index (χ1n) is 6.00. The van der Waals surface area contributed by atoms with Gasteiger partial charge in [-0.15, -0.1) is 0 Å². The molecule has 0 aromatic heterocycles. The molecule has 3 unspecified atom stereocenters. The Morgan fingerprint density at radius 3 is 2.82 bits per heavy atom. The molecule has 5 nitrogen and oxygen atoms in total. The van der Waals surface area contributed by atoms with E-state index in [1.165, 1.54) is 24.6 Å². The molecule has 1 rings (SSSR count). The van der Waals surface area contributed by atoms with Gasteiger partial charge in [-0.1, -0.05) is 38.5 Å². The number of nitrogens with zero attached hydrogens (tertiary/aromatic N) is 1. The Balaban J connectivity index is 2.35. The fraction of sp³-hybridized carbons (Fsp3) is 0.818. The quantitative estimate of drug-likeness (QED) is 0.303. The van der Waals surface area contributed by atoms with Gasteiger partial charge in [0.25, 0.3) is 0 Å². The molecule has 0 bridgehead atoms. The van der Waals surface area contributed by atoms with Crippen molar-refractivity contribution in [3.8, 4) is 0 Å². The average Bonchev–Trinajstić information content (AvgIpc) is 2.32. The highest BCUT2D eigenvalue weighted by atomic mass is 32.2. The van der Waals surface area contributed by atoms with E-state index in [1.807, 2.05) is 0 Å². The van der Waals surface area contributed by atoms with Gasteiger partial charge in [0.05, 0.1) is 5.75 Å². The number of hydrazone groups is 1. The van der Waals surface area contributed by atoms with E-state index in [0.717, 1.165) is 6.42 Å². The van der Waals surface area contributed by atoms with Gasteiger partial charge in [-0.05, 0) is 18.3 Å². The number of thioether (sulfide) groups is 1. The summed E-state index contributed by atoms with van der Waals surface area (Å²) in [5, 5.41) is 6.62. The Hall–Kier alpha value is -0.910. The molecule has 5 N–H and O–H groups in total. The van der Waals surface area contributed by atoms with Gasteiger partial charge in [0, 0.05) is 6.04 Å². The molecule has 1 aliphatic carbocycles. The minimum Gasteiger partial charge on any atom is -0.377 e. The zero-order valence-corrected chi connectivity index (χ0v) is 11.3. The van der Waals surface area contributed by atoms with Crippen LogP contribution in [0.5, 0.6) is 0 Å². The van der Waals surface area contributed by atoms with Gasteiger partial charge in [-0.25, -0.2) is 0 Å². The highest BCUT2D eigenvalue weighted by Crippen LogP contribution is 2.29. The second-order valence-corrected chi connectivity index (χ2v) is 5.69. The highest BCUT2D eigenvalue weighted by Gasteiger charge is 2.27. The summed E-state index contributed by atoms with van der Waals surface area (Å²) in [5.41, 5.74) is 5.41. The van der Waals surface area contributed by atoms with Crippen molar-refractivity contribution in [3.63, 3.8) is 0 Å². The number of hydrogen-bond acceptors (Lipinski definition) is 4. The molecule has 0 aliphatic heterocycles. The van der Waals surface area contributed by atoms with Crippen LogP contribution in [-0.4, -0.2) is 22.9 Å². The molecule has 0 radical (unpaired) electrons. The summed E-state index contributed by atoms with van der Waals surface area (Å²) in [6.45, 7) is 4.45. The molecule has 17 heavy (non-hydrogen) atoms. The van der Waals surface area contributed by atoms with Crippen molar-refractivity contribution in [2.45, 2.75) is 39.2 Å². The molecule has 1 fully saturated rings. The molecule has 1 saturated carbocycles. The van der Waals surface area contributed by atoms with Crippen molar-refractivity contribution >= 4 is 22.8 Å². The summed E-state index contributed by atoms with van der Waals surface area (Å²) < 4.78 is 0. The van der Waals surface area contributed by atoms with Crippen molar-refractivity contribution in [2.24, 2.45) is 28.5 Å². The maximum atomic E-state index is 11.7. The smallest absolute Gasteiger partial charge is 0.230 e. The van der Waals surface area contributed by atoms with Gasteiger partial charge in [0.15, 0.2) is 5.17 Å². The van der Waals surface area contributed by atoms with Gasteiger partial charge in [0.1, 0.15) is 0 Å². The summed E-state index contributed by atoms with van der Waals surface area (Å²) >= 11 is 1.17. The monoisotopic (exact) mass is 258 g/mol. The number of hydrogen-bond donors (Lipinski definition) is 3. The number of amides is 1. The number of amidine groups is 1. The first-order valence-corrected chi connectivity index (χ1v) is 6.98. The number of nitrogens with two attached hydrogens (primary N) is 2. The van der Waals surface area contributed by atoms with E-state index in [-0.39, 0.29) is 16.8 Å². The topological polar surface area (TPSA) is 93.5 Å². The zero-order valence-electron chi connectivity index (χ0n) is 10.5. The average molecular weight is 258 g/mol. The van der Waals surface area contributed by atoms with Gasteiger partial charge < -0.3 is 16.9 Å².